The first-order valence-corrected chi connectivity index (χ1v) is 7.67. The zero-order chi connectivity index (χ0) is 14.3. The molecule has 0 aromatic carbocycles. The van der Waals surface area contributed by atoms with E-state index in [-0.39, 0.29) is 12.0 Å². The van der Waals surface area contributed by atoms with Gasteiger partial charge in [0.2, 0.25) is 0 Å². The van der Waals surface area contributed by atoms with Gasteiger partial charge in [0.1, 0.15) is 0 Å². The van der Waals surface area contributed by atoms with E-state index in [0.717, 1.165) is 39.0 Å². The Morgan fingerprint density at radius 2 is 2.00 bits per heavy atom. The lowest BCUT2D eigenvalue weighted by atomic mass is 9.84. The maximum absolute atomic E-state index is 8.77. The summed E-state index contributed by atoms with van der Waals surface area (Å²) < 4.78 is 5.61. The first-order valence-electron chi connectivity index (χ1n) is 7.67. The summed E-state index contributed by atoms with van der Waals surface area (Å²) in [5.74, 6) is 0. The number of aliphatic hydroxyl groups excluding tert-OH is 1. The normalized spacial score (nSPS) is 20.7. The molecule has 0 aromatic rings. The molecule has 4 heteroatoms. The zero-order valence-electron chi connectivity index (χ0n) is 13.1. The van der Waals surface area contributed by atoms with Crippen molar-refractivity contribution in [1.29, 1.82) is 0 Å². The second kappa shape index (κ2) is 8.20. The van der Waals surface area contributed by atoms with Gasteiger partial charge in [-0.2, -0.15) is 0 Å². The van der Waals surface area contributed by atoms with Crippen molar-refractivity contribution in [2.75, 3.05) is 39.4 Å². The van der Waals surface area contributed by atoms with Crippen LogP contribution in [0.3, 0.4) is 0 Å². The van der Waals surface area contributed by atoms with Gasteiger partial charge in [0.25, 0.3) is 0 Å². The van der Waals surface area contributed by atoms with E-state index in [1.165, 1.54) is 0 Å². The first-order chi connectivity index (χ1) is 8.99. The van der Waals surface area contributed by atoms with Crippen LogP contribution >= 0.6 is 0 Å². The van der Waals surface area contributed by atoms with Crippen molar-refractivity contribution < 1.29 is 9.84 Å². The third-order valence-corrected chi connectivity index (χ3v) is 4.29. The molecule has 0 aromatic heterocycles. The van der Waals surface area contributed by atoms with Crippen molar-refractivity contribution in [2.24, 2.45) is 5.41 Å². The highest BCUT2D eigenvalue weighted by molar-refractivity contribution is 4.85. The van der Waals surface area contributed by atoms with E-state index in [2.05, 4.69) is 37.9 Å². The molecule has 1 rings (SSSR count). The standard InChI is InChI=1S/C15H32N2O2/c1-5-16-13(2)15(3,4)12-17-8-6-14(7-9-17)19-11-10-18/h13-14,16,18H,5-12H2,1-4H3. The Morgan fingerprint density at radius 1 is 1.37 bits per heavy atom. The van der Waals surface area contributed by atoms with Gasteiger partial charge in [-0.25, -0.2) is 0 Å². The molecule has 4 nitrogen and oxygen atoms in total. The van der Waals surface area contributed by atoms with Gasteiger partial charge in [-0.1, -0.05) is 20.8 Å². The summed E-state index contributed by atoms with van der Waals surface area (Å²) in [6.45, 7) is 14.1. The maximum Gasteiger partial charge on any atom is 0.0701 e. The predicted octanol–water partition coefficient (Wildman–Crippen LogP) is 1.48. The molecule has 0 radical (unpaired) electrons. The van der Waals surface area contributed by atoms with E-state index in [9.17, 15) is 0 Å². The van der Waals surface area contributed by atoms with E-state index in [1.807, 2.05) is 0 Å². The second-order valence-corrected chi connectivity index (χ2v) is 6.34. The van der Waals surface area contributed by atoms with Crippen LogP contribution in [0.5, 0.6) is 0 Å². The van der Waals surface area contributed by atoms with Crippen molar-refractivity contribution >= 4 is 0 Å². The van der Waals surface area contributed by atoms with Gasteiger partial charge in [0.05, 0.1) is 19.3 Å². The molecule has 1 fully saturated rings. The van der Waals surface area contributed by atoms with Crippen LogP contribution in [0.2, 0.25) is 0 Å². The summed E-state index contributed by atoms with van der Waals surface area (Å²) >= 11 is 0. The number of rotatable bonds is 8. The topological polar surface area (TPSA) is 44.7 Å². The Morgan fingerprint density at radius 3 is 2.53 bits per heavy atom. The quantitative estimate of drug-likeness (QED) is 0.702. The molecule has 1 atom stereocenters. The molecule has 0 saturated carbocycles. The highest BCUT2D eigenvalue weighted by Gasteiger charge is 2.29. The lowest BCUT2D eigenvalue weighted by Gasteiger charge is -2.40. The average molecular weight is 272 g/mol. The molecule has 114 valence electrons. The van der Waals surface area contributed by atoms with Gasteiger partial charge in [0, 0.05) is 25.7 Å². The number of nitrogens with zero attached hydrogens (tertiary/aromatic N) is 1. The van der Waals surface area contributed by atoms with Crippen LogP contribution in [0, 0.1) is 5.41 Å². The lowest BCUT2D eigenvalue weighted by Crippen LogP contribution is -2.49. The Labute approximate surface area is 118 Å². The van der Waals surface area contributed by atoms with E-state index in [1.54, 1.807) is 0 Å². The molecule has 19 heavy (non-hydrogen) atoms. The van der Waals surface area contributed by atoms with Crippen LogP contribution in [0.15, 0.2) is 0 Å². The number of piperidine rings is 1. The molecular formula is C15H32N2O2. The Hall–Kier alpha value is -0.160. The summed E-state index contributed by atoms with van der Waals surface area (Å²) in [6, 6.07) is 0.529. The van der Waals surface area contributed by atoms with E-state index < -0.39 is 0 Å². The fraction of sp³-hybridized carbons (Fsp3) is 1.00. The Balaban J connectivity index is 2.31. The number of nitrogens with one attached hydrogen (secondary N) is 1. The van der Waals surface area contributed by atoms with Crippen LogP contribution in [-0.2, 0) is 4.74 Å². The molecule has 2 N–H and O–H groups in total. The van der Waals surface area contributed by atoms with Crippen molar-refractivity contribution in [3.63, 3.8) is 0 Å². The highest BCUT2D eigenvalue weighted by atomic mass is 16.5. The fourth-order valence-corrected chi connectivity index (χ4v) is 2.75. The summed E-state index contributed by atoms with van der Waals surface area (Å²) in [7, 11) is 0. The van der Waals surface area contributed by atoms with Gasteiger partial charge in [-0.15, -0.1) is 0 Å². The highest BCUT2D eigenvalue weighted by Crippen LogP contribution is 2.24. The molecule has 0 spiro atoms. The minimum atomic E-state index is 0.132. The van der Waals surface area contributed by atoms with Crippen molar-refractivity contribution in [2.45, 2.75) is 52.7 Å². The molecule has 0 bridgehead atoms. The van der Waals surface area contributed by atoms with E-state index >= 15 is 0 Å². The second-order valence-electron chi connectivity index (χ2n) is 6.34. The number of ether oxygens (including phenoxy) is 1. The molecule has 1 aliphatic heterocycles. The SMILES string of the molecule is CCNC(C)C(C)(C)CN1CCC(OCCO)CC1. The van der Waals surface area contributed by atoms with Gasteiger partial charge in [0.15, 0.2) is 0 Å². The summed E-state index contributed by atoms with van der Waals surface area (Å²) in [4.78, 5) is 2.55. The molecule has 0 aliphatic carbocycles. The number of hydrogen-bond acceptors (Lipinski definition) is 4. The van der Waals surface area contributed by atoms with Crippen molar-refractivity contribution in [1.82, 2.24) is 10.2 Å². The summed E-state index contributed by atoms with van der Waals surface area (Å²) in [6.07, 6.45) is 2.52. The summed E-state index contributed by atoms with van der Waals surface area (Å²) in [5.41, 5.74) is 0.287. The molecule has 1 heterocycles. The van der Waals surface area contributed by atoms with Crippen LogP contribution in [-0.4, -0.2) is 61.5 Å². The van der Waals surface area contributed by atoms with Crippen molar-refractivity contribution in [3.05, 3.63) is 0 Å². The van der Waals surface area contributed by atoms with Gasteiger partial charge in [-0.3, -0.25) is 0 Å². The van der Waals surface area contributed by atoms with Crippen LogP contribution in [0.25, 0.3) is 0 Å². The van der Waals surface area contributed by atoms with Crippen molar-refractivity contribution in [3.8, 4) is 0 Å². The molecule has 1 unspecified atom stereocenters. The largest absolute Gasteiger partial charge is 0.394 e. The monoisotopic (exact) mass is 272 g/mol. The molecular weight excluding hydrogens is 240 g/mol. The van der Waals surface area contributed by atoms with Gasteiger partial charge < -0.3 is 20.1 Å². The maximum atomic E-state index is 8.77. The third-order valence-electron chi connectivity index (χ3n) is 4.29. The van der Waals surface area contributed by atoms with Crippen LogP contribution in [0.4, 0.5) is 0 Å². The third kappa shape index (κ3) is 5.78. The minimum absolute atomic E-state index is 0.132. The average Bonchev–Trinajstić information content (AvgIpc) is 2.38. The smallest absolute Gasteiger partial charge is 0.0701 e. The fourth-order valence-electron chi connectivity index (χ4n) is 2.75. The van der Waals surface area contributed by atoms with E-state index in [0.29, 0.717) is 18.8 Å². The van der Waals surface area contributed by atoms with E-state index in [4.69, 9.17) is 9.84 Å². The zero-order valence-corrected chi connectivity index (χ0v) is 13.1. The summed E-state index contributed by atoms with van der Waals surface area (Å²) in [5, 5.41) is 12.3. The number of hydrogen-bond donors (Lipinski definition) is 2. The Kier molecular flexibility index (Phi) is 7.29. The lowest BCUT2D eigenvalue weighted by molar-refractivity contribution is -0.0146. The number of aliphatic hydroxyl groups is 1. The first kappa shape index (κ1) is 16.9. The van der Waals surface area contributed by atoms with Gasteiger partial charge >= 0.3 is 0 Å². The minimum Gasteiger partial charge on any atom is -0.394 e. The van der Waals surface area contributed by atoms with Crippen LogP contribution < -0.4 is 5.32 Å². The van der Waals surface area contributed by atoms with Crippen LogP contribution in [0.1, 0.15) is 40.5 Å². The number of likely N-dealkylation sites (tertiary alicyclic amines) is 1. The Bertz CT molecular complexity index is 238. The molecule has 0 amide bonds. The molecule has 1 aliphatic rings. The predicted molar refractivity (Wildman–Crippen MR) is 79.4 cm³/mol. The van der Waals surface area contributed by atoms with Gasteiger partial charge in [-0.05, 0) is 31.7 Å². The molecule has 1 saturated heterocycles.